The zero-order valence-corrected chi connectivity index (χ0v) is 17.6. The SMILES string of the molecule is CN(C)CCN1C(=S)NC(c2ccccn2)C1c1cccn1Cc1ccccn1. The van der Waals surface area contributed by atoms with E-state index in [1.807, 2.05) is 36.7 Å². The van der Waals surface area contributed by atoms with Gasteiger partial charge in [0.15, 0.2) is 5.11 Å². The van der Waals surface area contributed by atoms with Gasteiger partial charge >= 0.3 is 0 Å². The second kappa shape index (κ2) is 8.71. The van der Waals surface area contributed by atoms with E-state index in [9.17, 15) is 0 Å². The Morgan fingerprint density at radius 3 is 2.52 bits per heavy atom. The van der Waals surface area contributed by atoms with Crippen molar-refractivity contribution >= 4 is 17.3 Å². The molecule has 0 amide bonds. The largest absolute Gasteiger partial charge is 0.352 e. The summed E-state index contributed by atoms with van der Waals surface area (Å²) in [6.45, 7) is 2.50. The number of likely N-dealkylation sites (N-methyl/N-ethyl adjacent to an activating group) is 1. The lowest BCUT2D eigenvalue weighted by Gasteiger charge is -2.29. The maximum atomic E-state index is 5.74. The molecule has 0 bridgehead atoms. The number of pyridine rings is 2. The Bertz CT molecular complexity index is 940. The summed E-state index contributed by atoms with van der Waals surface area (Å²) in [5.41, 5.74) is 3.24. The summed E-state index contributed by atoms with van der Waals surface area (Å²) >= 11 is 5.74. The zero-order valence-electron chi connectivity index (χ0n) is 16.8. The molecule has 3 aromatic heterocycles. The highest BCUT2D eigenvalue weighted by Gasteiger charge is 2.40. The Balaban J connectivity index is 1.70. The molecule has 1 N–H and O–H groups in total. The van der Waals surface area contributed by atoms with Gasteiger partial charge < -0.3 is 19.7 Å². The lowest BCUT2D eigenvalue weighted by Crippen LogP contribution is -2.36. The third kappa shape index (κ3) is 4.31. The van der Waals surface area contributed by atoms with Crippen molar-refractivity contribution in [2.45, 2.75) is 18.6 Å². The molecule has 1 fully saturated rings. The number of aromatic nitrogens is 3. The van der Waals surface area contributed by atoms with Gasteiger partial charge in [0.25, 0.3) is 0 Å². The molecule has 3 aromatic rings. The quantitative estimate of drug-likeness (QED) is 0.609. The molecule has 1 saturated heterocycles. The summed E-state index contributed by atoms with van der Waals surface area (Å²) in [6, 6.07) is 16.4. The van der Waals surface area contributed by atoms with E-state index in [-0.39, 0.29) is 12.1 Å². The first-order valence-corrected chi connectivity index (χ1v) is 10.2. The van der Waals surface area contributed by atoms with Crippen LogP contribution in [0.5, 0.6) is 0 Å². The van der Waals surface area contributed by atoms with Gasteiger partial charge in [-0.25, -0.2) is 0 Å². The van der Waals surface area contributed by atoms with Gasteiger partial charge in [-0.1, -0.05) is 12.1 Å². The molecular weight excluding hydrogens is 380 g/mol. The molecule has 0 aliphatic carbocycles. The molecule has 4 rings (SSSR count). The van der Waals surface area contributed by atoms with E-state index in [1.165, 1.54) is 5.69 Å². The minimum absolute atomic E-state index is 0.00300. The molecule has 0 spiro atoms. The van der Waals surface area contributed by atoms with E-state index in [0.717, 1.165) is 36.1 Å². The summed E-state index contributed by atoms with van der Waals surface area (Å²) in [4.78, 5) is 13.6. The third-order valence-electron chi connectivity index (χ3n) is 5.21. The van der Waals surface area contributed by atoms with Crippen LogP contribution in [0.25, 0.3) is 0 Å². The summed E-state index contributed by atoms with van der Waals surface area (Å²) in [6.07, 6.45) is 5.79. The number of rotatable bonds is 7. The zero-order chi connectivity index (χ0) is 20.2. The number of nitrogens with zero attached hydrogens (tertiary/aromatic N) is 5. The first-order chi connectivity index (χ1) is 14.1. The van der Waals surface area contributed by atoms with Crippen LogP contribution in [0.4, 0.5) is 0 Å². The maximum absolute atomic E-state index is 5.74. The summed E-state index contributed by atoms with van der Waals surface area (Å²) < 4.78 is 2.27. The maximum Gasteiger partial charge on any atom is 0.170 e. The average Bonchev–Trinajstić information content (AvgIpc) is 3.31. The third-order valence-corrected chi connectivity index (χ3v) is 5.56. The predicted molar refractivity (Wildman–Crippen MR) is 118 cm³/mol. The highest BCUT2D eigenvalue weighted by atomic mass is 32.1. The molecular formula is C22H26N6S. The predicted octanol–water partition coefficient (Wildman–Crippen LogP) is 2.86. The van der Waals surface area contributed by atoms with E-state index in [4.69, 9.17) is 12.2 Å². The molecule has 7 heteroatoms. The molecule has 0 aromatic carbocycles. The molecule has 2 unspecified atom stereocenters. The monoisotopic (exact) mass is 406 g/mol. The molecule has 0 radical (unpaired) electrons. The van der Waals surface area contributed by atoms with Crippen LogP contribution in [0.15, 0.2) is 67.1 Å². The van der Waals surface area contributed by atoms with Crippen molar-refractivity contribution in [2.75, 3.05) is 27.2 Å². The van der Waals surface area contributed by atoms with Gasteiger partial charge in [0.05, 0.1) is 30.0 Å². The van der Waals surface area contributed by atoms with Gasteiger partial charge in [-0.15, -0.1) is 0 Å². The van der Waals surface area contributed by atoms with Crippen LogP contribution in [0.2, 0.25) is 0 Å². The molecule has 6 nitrogen and oxygen atoms in total. The van der Waals surface area contributed by atoms with Crippen LogP contribution >= 0.6 is 12.2 Å². The molecule has 0 saturated carbocycles. The van der Waals surface area contributed by atoms with Crippen LogP contribution in [-0.2, 0) is 6.54 Å². The Morgan fingerprint density at radius 2 is 1.83 bits per heavy atom. The normalized spacial score (nSPS) is 19.0. The second-order valence-electron chi connectivity index (χ2n) is 7.51. The fourth-order valence-corrected chi connectivity index (χ4v) is 4.11. The summed E-state index contributed by atoms with van der Waals surface area (Å²) in [5.74, 6) is 0. The molecule has 4 heterocycles. The highest BCUT2D eigenvalue weighted by Crippen LogP contribution is 2.38. The van der Waals surface area contributed by atoms with Crippen molar-refractivity contribution in [3.63, 3.8) is 0 Å². The number of hydrogen-bond acceptors (Lipinski definition) is 4. The van der Waals surface area contributed by atoms with Crippen molar-refractivity contribution in [1.29, 1.82) is 0 Å². The summed E-state index contributed by atoms with van der Waals surface area (Å²) in [5, 5.41) is 4.30. The first-order valence-electron chi connectivity index (χ1n) is 9.81. The lowest BCUT2D eigenvalue weighted by atomic mass is 10.0. The standard InChI is InChI=1S/C22H26N6S/c1-26(2)14-15-28-21(20(25-22(28)29)18-9-4-6-12-24-18)19-10-7-13-27(19)16-17-8-3-5-11-23-17/h3-13,20-21H,14-16H2,1-2H3,(H,25,29). The van der Waals surface area contributed by atoms with E-state index in [0.29, 0.717) is 0 Å². The smallest absolute Gasteiger partial charge is 0.170 e. The van der Waals surface area contributed by atoms with Crippen molar-refractivity contribution in [1.82, 2.24) is 29.7 Å². The van der Waals surface area contributed by atoms with E-state index >= 15 is 0 Å². The number of hydrogen-bond donors (Lipinski definition) is 1. The van der Waals surface area contributed by atoms with Crippen molar-refractivity contribution < 1.29 is 0 Å². The van der Waals surface area contributed by atoms with E-state index < -0.39 is 0 Å². The molecule has 29 heavy (non-hydrogen) atoms. The molecule has 1 aliphatic rings. The first kappa shape index (κ1) is 19.5. The van der Waals surface area contributed by atoms with Crippen molar-refractivity contribution in [3.05, 3.63) is 84.2 Å². The fourth-order valence-electron chi connectivity index (χ4n) is 3.78. The van der Waals surface area contributed by atoms with Crippen LogP contribution in [-0.4, -0.2) is 56.6 Å². The summed E-state index contributed by atoms with van der Waals surface area (Å²) in [7, 11) is 4.17. The van der Waals surface area contributed by atoms with Gasteiger partial charge in [0.2, 0.25) is 0 Å². The Kier molecular flexibility index (Phi) is 5.87. The van der Waals surface area contributed by atoms with Gasteiger partial charge in [0, 0.05) is 37.4 Å². The number of nitrogens with one attached hydrogen (secondary N) is 1. The van der Waals surface area contributed by atoms with Gasteiger partial charge in [-0.3, -0.25) is 9.97 Å². The van der Waals surface area contributed by atoms with Crippen molar-refractivity contribution in [2.24, 2.45) is 0 Å². The lowest BCUT2D eigenvalue weighted by molar-refractivity contribution is 0.269. The topological polar surface area (TPSA) is 49.2 Å². The minimum atomic E-state index is 0.00300. The van der Waals surface area contributed by atoms with Gasteiger partial charge in [-0.2, -0.15) is 0 Å². The van der Waals surface area contributed by atoms with E-state index in [2.05, 4.69) is 74.2 Å². The van der Waals surface area contributed by atoms with Crippen molar-refractivity contribution in [3.8, 4) is 0 Å². The Labute approximate surface area is 177 Å². The minimum Gasteiger partial charge on any atom is -0.352 e. The van der Waals surface area contributed by atoms with Crippen LogP contribution in [0.3, 0.4) is 0 Å². The Morgan fingerprint density at radius 1 is 1.03 bits per heavy atom. The van der Waals surface area contributed by atoms with Gasteiger partial charge in [0.1, 0.15) is 0 Å². The highest BCUT2D eigenvalue weighted by molar-refractivity contribution is 7.80. The average molecular weight is 407 g/mol. The van der Waals surface area contributed by atoms with Crippen LogP contribution in [0.1, 0.15) is 29.2 Å². The fraction of sp³-hybridized carbons (Fsp3) is 0.318. The molecule has 2 atom stereocenters. The van der Waals surface area contributed by atoms with E-state index in [1.54, 1.807) is 0 Å². The molecule has 150 valence electrons. The number of thiocarbonyl (C=S) groups is 1. The molecule has 1 aliphatic heterocycles. The Hall–Kier alpha value is -2.77. The second-order valence-corrected chi connectivity index (χ2v) is 7.89. The van der Waals surface area contributed by atoms with Crippen LogP contribution < -0.4 is 5.32 Å². The van der Waals surface area contributed by atoms with Crippen LogP contribution in [0, 0.1) is 0 Å². The van der Waals surface area contributed by atoms with Gasteiger partial charge in [-0.05, 0) is 62.7 Å².